The van der Waals surface area contributed by atoms with E-state index in [1.807, 2.05) is 29.2 Å². The number of carbonyl (C=O) groups is 2. The maximum Gasteiger partial charge on any atom is 0.255 e. The maximum atomic E-state index is 12.4. The number of ether oxygens (including phenoxy) is 1. The summed E-state index contributed by atoms with van der Waals surface area (Å²) >= 11 is 0. The fourth-order valence-electron chi connectivity index (χ4n) is 3.27. The molecular formula is C22H27N3O3. The van der Waals surface area contributed by atoms with Crippen molar-refractivity contribution in [1.82, 2.24) is 10.2 Å². The Bertz CT molecular complexity index is 805. The predicted octanol–water partition coefficient (Wildman–Crippen LogP) is 3.05. The molecule has 0 bridgehead atoms. The van der Waals surface area contributed by atoms with E-state index in [1.54, 1.807) is 31.4 Å². The van der Waals surface area contributed by atoms with Crippen LogP contribution < -0.4 is 15.4 Å². The minimum absolute atomic E-state index is 0.150. The summed E-state index contributed by atoms with van der Waals surface area (Å²) in [6.07, 6.45) is 2.63. The summed E-state index contributed by atoms with van der Waals surface area (Å²) in [5, 5.41) is 6.33. The van der Waals surface area contributed by atoms with Gasteiger partial charge in [0.05, 0.1) is 7.11 Å². The van der Waals surface area contributed by atoms with Gasteiger partial charge in [-0.05, 0) is 61.3 Å². The highest BCUT2D eigenvalue weighted by molar-refractivity contribution is 6.04. The van der Waals surface area contributed by atoms with Crippen molar-refractivity contribution in [2.75, 3.05) is 32.1 Å². The molecular weight excluding hydrogens is 354 g/mol. The van der Waals surface area contributed by atoms with Crippen LogP contribution in [-0.2, 0) is 11.3 Å². The van der Waals surface area contributed by atoms with Crippen LogP contribution >= 0.6 is 0 Å². The van der Waals surface area contributed by atoms with E-state index in [4.69, 9.17) is 4.74 Å². The highest BCUT2D eigenvalue weighted by Gasteiger charge is 2.18. The summed E-state index contributed by atoms with van der Waals surface area (Å²) in [6, 6.07) is 14.8. The number of hydrogen-bond acceptors (Lipinski definition) is 4. The molecule has 0 spiro atoms. The second kappa shape index (κ2) is 9.90. The number of carbonyl (C=O) groups excluding carboxylic acids is 2. The van der Waals surface area contributed by atoms with Gasteiger partial charge in [-0.25, -0.2) is 0 Å². The first kappa shape index (κ1) is 19.9. The first-order valence-electron chi connectivity index (χ1n) is 9.68. The number of nitrogens with zero attached hydrogens (tertiary/aromatic N) is 1. The van der Waals surface area contributed by atoms with Crippen LogP contribution in [0.15, 0.2) is 48.5 Å². The van der Waals surface area contributed by atoms with Crippen molar-refractivity contribution in [2.45, 2.75) is 25.8 Å². The van der Waals surface area contributed by atoms with E-state index in [0.717, 1.165) is 56.0 Å². The molecule has 2 aromatic rings. The van der Waals surface area contributed by atoms with Crippen molar-refractivity contribution >= 4 is 17.5 Å². The first-order valence-corrected chi connectivity index (χ1v) is 9.68. The van der Waals surface area contributed by atoms with Gasteiger partial charge in [-0.3, -0.25) is 9.59 Å². The standard InChI is InChI=1S/C22H27N3O3/c1-28-20-10-8-18(9-11-20)22(27)24-19-6-2-5-17(15-19)16-23-12-4-14-25-13-3-7-21(25)26/h2,5-6,8-11,15,23H,3-4,7,12-14,16H2,1H3,(H,24,27). The van der Waals surface area contributed by atoms with Crippen molar-refractivity contribution in [3.63, 3.8) is 0 Å². The number of hydrogen-bond donors (Lipinski definition) is 2. The molecule has 3 rings (SSSR count). The van der Waals surface area contributed by atoms with Crippen LogP contribution in [0.4, 0.5) is 5.69 Å². The summed E-state index contributed by atoms with van der Waals surface area (Å²) in [4.78, 5) is 25.9. The van der Waals surface area contributed by atoms with Crippen molar-refractivity contribution < 1.29 is 14.3 Å². The van der Waals surface area contributed by atoms with Crippen molar-refractivity contribution in [3.05, 3.63) is 59.7 Å². The second-order valence-corrected chi connectivity index (χ2v) is 6.90. The summed E-state index contributed by atoms with van der Waals surface area (Å²) < 4.78 is 5.11. The Morgan fingerprint density at radius 3 is 2.71 bits per heavy atom. The molecule has 2 N–H and O–H groups in total. The molecule has 1 saturated heterocycles. The molecule has 1 aliphatic heterocycles. The molecule has 148 valence electrons. The number of amides is 2. The minimum Gasteiger partial charge on any atom is -0.497 e. The molecule has 0 unspecified atom stereocenters. The summed E-state index contributed by atoms with van der Waals surface area (Å²) in [6.45, 7) is 3.30. The molecule has 28 heavy (non-hydrogen) atoms. The average Bonchev–Trinajstić information content (AvgIpc) is 3.13. The van der Waals surface area contributed by atoms with Crippen molar-refractivity contribution in [1.29, 1.82) is 0 Å². The van der Waals surface area contributed by atoms with Crippen LogP contribution in [0, 0.1) is 0 Å². The van der Waals surface area contributed by atoms with Crippen LogP contribution in [0.25, 0.3) is 0 Å². The van der Waals surface area contributed by atoms with Gasteiger partial charge in [0.2, 0.25) is 5.91 Å². The Morgan fingerprint density at radius 1 is 1.18 bits per heavy atom. The monoisotopic (exact) mass is 381 g/mol. The molecule has 0 atom stereocenters. The fraction of sp³-hybridized carbons (Fsp3) is 0.364. The first-order chi connectivity index (χ1) is 13.7. The van der Waals surface area contributed by atoms with E-state index >= 15 is 0 Å². The third kappa shape index (κ3) is 5.57. The lowest BCUT2D eigenvalue weighted by molar-refractivity contribution is -0.127. The van der Waals surface area contributed by atoms with Gasteiger partial charge in [0.25, 0.3) is 5.91 Å². The van der Waals surface area contributed by atoms with Crippen molar-refractivity contribution in [3.8, 4) is 5.75 Å². The second-order valence-electron chi connectivity index (χ2n) is 6.90. The summed E-state index contributed by atoms with van der Waals surface area (Å²) in [5.41, 5.74) is 2.45. The fourth-order valence-corrected chi connectivity index (χ4v) is 3.27. The highest BCUT2D eigenvalue weighted by Crippen LogP contribution is 2.15. The molecule has 1 heterocycles. The summed E-state index contributed by atoms with van der Waals surface area (Å²) in [5.74, 6) is 0.849. The number of benzene rings is 2. The molecule has 2 amide bonds. The normalized spacial score (nSPS) is 13.6. The van der Waals surface area contributed by atoms with Crippen LogP contribution in [-0.4, -0.2) is 43.5 Å². The van der Waals surface area contributed by atoms with E-state index in [-0.39, 0.29) is 11.8 Å². The number of likely N-dealkylation sites (tertiary alicyclic amines) is 1. The van der Waals surface area contributed by atoms with Gasteiger partial charge in [0, 0.05) is 37.3 Å². The van der Waals surface area contributed by atoms with E-state index in [9.17, 15) is 9.59 Å². The quantitative estimate of drug-likeness (QED) is 0.655. The Kier molecular flexibility index (Phi) is 7.03. The summed E-state index contributed by atoms with van der Waals surface area (Å²) in [7, 11) is 1.60. The zero-order chi connectivity index (χ0) is 19.8. The molecule has 1 fully saturated rings. The van der Waals surface area contributed by atoms with Crippen LogP contribution in [0.2, 0.25) is 0 Å². The van der Waals surface area contributed by atoms with Crippen molar-refractivity contribution in [2.24, 2.45) is 0 Å². The Balaban J connectivity index is 1.44. The molecule has 0 radical (unpaired) electrons. The smallest absolute Gasteiger partial charge is 0.255 e. The number of methoxy groups -OCH3 is 1. The van der Waals surface area contributed by atoms with Gasteiger partial charge < -0.3 is 20.3 Å². The van der Waals surface area contributed by atoms with Crippen LogP contribution in [0.1, 0.15) is 35.2 Å². The molecule has 0 aliphatic carbocycles. The Morgan fingerprint density at radius 2 is 2.00 bits per heavy atom. The number of rotatable bonds is 9. The maximum absolute atomic E-state index is 12.4. The Hall–Kier alpha value is -2.86. The van der Waals surface area contributed by atoms with Gasteiger partial charge in [-0.15, -0.1) is 0 Å². The van der Waals surface area contributed by atoms with Gasteiger partial charge in [-0.2, -0.15) is 0 Å². The number of nitrogens with one attached hydrogen (secondary N) is 2. The molecule has 0 saturated carbocycles. The van der Waals surface area contributed by atoms with Gasteiger partial charge in [0.15, 0.2) is 0 Å². The van der Waals surface area contributed by atoms with Crippen LogP contribution in [0.3, 0.4) is 0 Å². The molecule has 2 aromatic carbocycles. The predicted molar refractivity (Wildman–Crippen MR) is 110 cm³/mol. The third-order valence-electron chi connectivity index (χ3n) is 4.82. The van der Waals surface area contributed by atoms with E-state index < -0.39 is 0 Å². The van der Waals surface area contributed by atoms with Gasteiger partial charge >= 0.3 is 0 Å². The SMILES string of the molecule is COc1ccc(C(=O)Nc2cccc(CNCCCN3CCCC3=O)c2)cc1. The van der Waals surface area contributed by atoms with E-state index in [0.29, 0.717) is 12.0 Å². The molecule has 6 heteroatoms. The molecule has 1 aliphatic rings. The van der Waals surface area contributed by atoms with Crippen LogP contribution in [0.5, 0.6) is 5.75 Å². The lowest BCUT2D eigenvalue weighted by Crippen LogP contribution is -2.28. The zero-order valence-corrected chi connectivity index (χ0v) is 16.2. The van der Waals surface area contributed by atoms with E-state index in [1.165, 1.54) is 0 Å². The zero-order valence-electron chi connectivity index (χ0n) is 16.2. The minimum atomic E-state index is -0.150. The number of anilines is 1. The van der Waals surface area contributed by atoms with Gasteiger partial charge in [-0.1, -0.05) is 12.1 Å². The molecule has 6 nitrogen and oxygen atoms in total. The Labute approximate surface area is 165 Å². The largest absolute Gasteiger partial charge is 0.497 e. The van der Waals surface area contributed by atoms with Gasteiger partial charge in [0.1, 0.15) is 5.75 Å². The lowest BCUT2D eigenvalue weighted by atomic mass is 10.1. The lowest BCUT2D eigenvalue weighted by Gasteiger charge is -2.15. The third-order valence-corrected chi connectivity index (χ3v) is 4.82. The topological polar surface area (TPSA) is 70.7 Å². The van der Waals surface area contributed by atoms with E-state index in [2.05, 4.69) is 10.6 Å². The highest BCUT2D eigenvalue weighted by atomic mass is 16.5. The average molecular weight is 381 g/mol. The molecule has 0 aromatic heterocycles.